The van der Waals surface area contributed by atoms with Crippen LogP contribution in [0.2, 0.25) is 0 Å². The Morgan fingerprint density at radius 2 is 2.04 bits per heavy atom. The quantitative estimate of drug-likeness (QED) is 0.798. The van der Waals surface area contributed by atoms with Gasteiger partial charge in [0.2, 0.25) is 0 Å². The van der Waals surface area contributed by atoms with Crippen LogP contribution in [-0.2, 0) is 11.3 Å². The molecular formula is C17H25N3O3S. The van der Waals surface area contributed by atoms with Gasteiger partial charge in [-0.2, -0.15) is 0 Å². The van der Waals surface area contributed by atoms with Crippen molar-refractivity contribution in [3.8, 4) is 0 Å². The van der Waals surface area contributed by atoms with Crippen LogP contribution in [0.1, 0.15) is 67.4 Å². The molecule has 2 amide bonds. The zero-order valence-corrected chi connectivity index (χ0v) is 14.9. The zero-order valence-electron chi connectivity index (χ0n) is 14.1. The van der Waals surface area contributed by atoms with E-state index in [1.165, 1.54) is 30.6 Å². The minimum absolute atomic E-state index is 0.0114. The summed E-state index contributed by atoms with van der Waals surface area (Å²) in [6.45, 7) is 2.58. The number of nitrogens with one attached hydrogen (secondary N) is 1. The number of nitrogens with zero attached hydrogens (tertiary/aromatic N) is 2. The third-order valence-electron chi connectivity index (χ3n) is 4.52. The third kappa shape index (κ3) is 4.47. The second-order valence-corrected chi connectivity index (χ2v) is 7.43. The van der Waals surface area contributed by atoms with E-state index in [1.54, 1.807) is 12.3 Å². The monoisotopic (exact) mass is 351 g/mol. The summed E-state index contributed by atoms with van der Waals surface area (Å²) in [7, 11) is 0. The van der Waals surface area contributed by atoms with Crippen molar-refractivity contribution in [2.24, 2.45) is 0 Å². The van der Waals surface area contributed by atoms with E-state index in [1.807, 2.05) is 4.90 Å². The molecule has 132 valence electrons. The molecule has 1 N–H and O–H groups in total. The van der Waals surface area contributed by atoms with E-state index < -0.39 is 5.97 Å². The Hall–Kier alpha value is -1.63. The van der Waals surface area contributed by atoms with Crippen molar-refractivity contribution >= 4 is 23.3 Å². The summed E-state index contributed by atoms with van der Waals surface area (Å²) in [6, 6.07) is 0.625. The number of hydrogen-bond donors (Lipinski definition) is 1. The summed E-state index contributed by atoms with van der Waals surface area (Å²) in [5.41, 5.74) is 0.334. The van der Waals surface area contributed by atoms with Crippen molar-refractivity contribution in [3.05, 3.63) is 16.1 Å². The average molecular weight is 351 g/mol. The van der Waals surface area contributed by atoms with Gasteiger partial charge in [-0.1, -0.05) is 19.3 Å². The van der Waals surface area contributed by atoms with Crippen molar-refractivity contribution in [3.63, 3.8) is 0 Å². The molecule has 0 atom stereocenters. The molecule has 6 nitrogen and oxygen atoms in total. The largest absolute Gasteiger partial charge is 0.461 e. The van der Waals surface area contributed by atoms with Gasteiger partial charge in [0, 0.05) is 17.5 Å². The highest BCUT2D eigenvalue weighted by Gasteiger charge is 2.34. The van der Waals surface area contributed by atoms with E-state index in [4.69, 9.17) is 4.74 Å². The summed E-state index contributed by atoms with van der Waals surface area (Å²) in [6.07, 6.45) is 7.92. The number of hydrogen-bond acceptors (Lipinski definition) is 5. The maximum absolute atomic E-state index is 12.6. The molecule has 24 heavy (non-hydrogen) atoms. The lowest BCUT2D eigenvalue weighted by molar-refractivity contribution is 0.0520. The van der Waals surface area contributed by atoms with E-state index in [-0.39, 0.29) is 6.03 Å². The molecule has 1 heterocycles. The smallest absolute Gasteiger partial charge is 0.357 e. The summed E-state index contributed by atoms with van der Waals surface area (Å²) >= 11 is 1.41. The Morgan fingerprint density at radius 3 is 2.71 bits per heavy atom. The fraction of sp³-hybridized carbons (Fsp3) is 0.706. The van der Waals surface area contributed by atoms with Gasteiger partial charge in [0.15, 0.2) is 5.69 Å². The highest BCUT2D eigenvalue weighted by molar-refractivity contribution is 7.09. The van der Waals surface area contributed by atoms with Crippen LogP contribution in [0, 0.1) is 0 Å². The predicted octanol–water partition coefficient (Wildman–Crippen LogP) is 3.33. The van der Waals surface area contributed by atoms with Gasteiger partial charge in [-0.25, -0.2) is 14.6 Å². The van der Waals surface area contributed by atoms with E-state index in [0.29, 0.717) is 30.9 Å². The number of ether oxygens (including phenoxy) is 1. The molecule has 1 aromatic rings. The highest BCUT2D eigenvalue weighted by Crippen LogP contribution is 2.29. The van der Waals surface area contributed by atoms with Crippen molar-refractivity contribution in [1.82, 2.24) is 15.2 Å². The fourth-order valence-corrected chi connectivity index (χ4v) is 3.85. The fourth-order valence-electron chi connectivity index (χ4n) is 3.09. The van der Waals surface area contributed by atoms with Crippen molar-refractivity contribution < 1.29 is 14.3 Å². The topological polar surface area (TPSA) is 71.5 Å². The standard InChI is InChI=1S/C17H25N3O3S/c1-2-23-16(21)14-11-24-15(19-14)10-20(13-8-9-13)17(22)18-12-6-4-3-5-7-12/h11-13H,2-10H2,1H3,(H,18,22). The zero-order chi connectivity index (χ0) is 16.9. The summed E-state index contributed by atoms with van der Waals surface area (Å²) in [4.78, 5) is 30.6. The Balaban J connectivity index is 1.59. The molecule has 0 spiro atoms. The SMILES string of the molecule is CCOC(=O)c1csc(CN(C(=O)NC2CCCCC2)C2CC2)n1. The van der Waals surface area contributed by atoms with Gasteiger partial charge in [-0.3, -0.25) is 0 Å². The number of carbonyl (C=O) groups is 2. The lowest BCUT2D eigenvalue weighted by Gasteiger charge is -2.28. The molecule has 2 saturated carbocycles. The molecule has 2 aliphatic carbocycles. The minimum atomic E-state index is -0.398. The van der Waals surface area contributed by atoms with Gasteiger partial charge in [0.05, 0.1) is 13.2 Å². The number of urea groups is 1. The molecular weight excluding hydrogens is 326 g/mol. The van der Waals surface area contributed by atoms with Crippen LogP contribution < -0.4 is 5.32 Å². The first-order valence-corrected chi connectivity index (χ1v) is 9.74. The number of carbonyl (C=O) groups excluding carboxylic acids is 2. The molecule has 0 saturated heterocycles. The van der Waals surface area contributed by atoms with Crippen LogP contribution in [-0.4, -0.2) is 40.6 Å². The highest BCUT2D eigenvalue weighted by atomic mass is 32.1. The van der Waals surface area contributed by atoms with E-state index in [2.05, 4.69) is 10.3 Å². The molecule has 7 heteroatoms. The second kappa shape index (κ2) is 7.96. The van der Waals surface area contributed by atoms with Crippen LogP contribution in [0.15, 0.2) is 5.38 Å². The van der Waals surface area contributed by atoms with Gasteiger partial charge in [0.25, 0.3) is 0 Å². The van der Waals surface area contributed by atoms with Gasteiger partial charge in [-0.05, 0) is 32.6 Å². The maximum atomic E-state index is 12.6. The summed E-state index contributed by atoms with van der Waals surface area (Å²) in [5.74, 6) is -0.398. The average Bonchev–Trinajstić information content (AvgIpc) is 3.31. The van der Waals surface area contributed by atoms with Crippen LogP contribution in [0.5, 0.6) is 0 Å². The Labute approximate surface area is 146 Å². The number of thiazole rings is 1. The first kappa shape index (κ1) is 17.2. The molecule has 0 unspecified atom stereocenters. The maximum Gasteiger partial charge on any atom is 0.357 e. The molecule has 0 radical (unpaired) electrons. The molecule has 0 aliphatic heterocycles. The molecule has 3 rings (SSSR count). The molecule has 0 aromatic carbocycles. The lowest BCUT2D eigenvalue weighted by Crippen LogP contribution is -2.46. The summed E-state index contributed by atoms with van der Waals surface area (Å²) < 4.78 is 4.97. The van der Waals surface area contributed by atoms with E-state index in [0.717, 1.165) is 30.7 Å². The minimum Gasteiger partial charge on any atom is -0.461 e. The van der Waals surface area contributed by atoms with Gasteiger partial charge in [-0.15, -0.1) is 11.3 Å². The molecule has 2 aliphatic rings. The lowest BCUT2D eigenvalue weighted by atomic mass is 9.96. The summed E-state index contributed by atoms with van der Waals surface area (Å²) in [5, 5.41) is 5.67. The van der Waals surface area contributed by atoms with Crippen LogP contribution >= 0.6 is 11.3 Å². The number of amides is 2. The Morgan fingerprint density at radius 1 is 1.29 bits per heavy atom. The van der Waals surface area contributed by atoms with Crippen molar-refractivity contribution in [2.45, 2.75) is 70.5 Å². The number of esters is 1. The van der Waals surface area contributed by atoms with Crippen LogP contribution in [0.4, 0.5) is 4.79 Å². The van der Waals surface area contributed by atoms with E-state index in [9.17, 15) is 9.59 Å². The van der Waals surface area contributed by atoms with Crippen LogP contribution in [0.25, 0.3) is 0 Å². The molecule has 2 fully saturated rings. The van der Waals surface area contributed by atoms with Gasteiger partial charge < -0.3 is 15.0 Å². The Bertz CT molecular complexity index is 579. The van der Waals surface area contributed by atoms with Gasteiger partial charge >= 0.3 is 12.0 Å². The van der Waals surface area contributed by atoms with Crippen LogP contribution in [0.3, 0.4) is 0 Å². The Kier molecular flexibility index (Phi) is 5.71. The molecule has 1 aromatic heterocycles. The first-order chi connectivity index (χ1) is 11.7. The second-order valence-electron chi connectivity index (χ2n) is 6.49. The first-order valence-electron chi connectivity index (χ1n) is 8.86. The van der Waals surface area contributed by atoms with E-state index >= 15 is 0 Å². The molecule has 0 bridgehead atoms. The predicted molar refractivity (Wildman–Crippen MR) is 92.0 cm³/mol. The van der Waals surface area contributed by atoms with Crippen molar-refractivity contribution in [1.29, 1.82) is 0 Å². The number of aromatic nitrogens is 1. The van der Waals surface area contributed by atoms with Gasteiger partial charge in [0.1, 0.15) is 5.01 Å². The normalized spacial score (nSPS) is 18.2. The third-order valence-corrected chi connectivity index (χ3v) is 5.36. The van der Waals surface area contributed by atoms with Crippen molar-refractivity contribution in [2.75, 3.05) is 6.61 Å². The number of rotatable bonds is 6.